The number of amides is 1. The summed E-state index contributed by atoms with van der Waals surface area (Å²) in [4.78, 5) is 13.6. The Bertz CT molecular complexity index is 371. The molecule has 0 spiro atoms. The Kier molecular flexibility index (Phi) is 2.58. The molecule has 78 valence electrons. The third kappa shape index (κ3) is 1.46. The van der Waals surface area contributed by atoms with Crippen molar-refractivity contribution in [3.05, 3.63) is 48.6 Å². The van der Waals surface area contributed by atoms with E-state index in [1.807, 2.05) is 30.0 Å². The van der Waals surface area contributed by atoms with E-state index in [1.54, 1.807) is 6.08 Å². The number of likely N-dealkylation sites (tertiary alicyclic amines) is 1. The van der Waals surface area contributed by atoms with Gasteiger partial charge in [0.2, 0.25) is 5.91 Å². The highest BCUT2D eigenvalue weighted by Crippen LogP contribution is 2.39. The van der Waals surface area contributed by atoms with Crippen molar-refractivity contribution in [3.8, 4) is 0 Å². The maximum atomic E-state index is 11.7. The Morgan fingerprint density at radius 2 is 2.07 bits per heavy atom. The van der Waals surface area contributed by atoms with Crippen LogP contribution in [0.5, 0.6) is 0 Å². The SMILES string of the molecule is C=C[C@H]1C(=O)N(CC)[C@@H]1c1ccccc1. The molecule has 15 heavy (non-hydrogen) atoms. The summed E-state index contributed by atoms with van der Waals surface area (Å²) < 4.78 is 0. The number of benzene rings is 1. The van der Waals surface area contributed by atoms with Gasteiger partial charge in [-0.2, -0.15) is 0 Å². The minimum atomic E-state index is -0.0349. The molecule has 2 heteroatoms. The number of hydrogen-bond donors (Lipinski definition) is 0. The van der Waals surface area contributed by atoms with Gasteiger partial charge in [0.15, 0.2) is 0 Å². The Balaban J connectivity index is 2.28. The van der Waals surface area contributed by atoms with Gasteiger partial charge in [-0.15, -0.1) is 6.58 Å². The third-order valence-corrected chi connectivity index (χ3v) is 2.98. The molecule has 1 heterocycles. The largest absolute Gasteiger partial charge is 0.334 e. The number of nitrogens with zero attached hydrogens (tertiary/aromatic N) is 1. The van der Waals surface area contributed by atoms with E-state index >= 15 is 0 Å². The van der Waals surface area contributed by atoms with Gasteiger partial charge in [0.05, 0.1) is 12.0 Å². The molecule has 0 bridgehead atoms. The second kappa shape index (κ2) is 3.89. The number of carbonyl (C=O) groups is 1. The summed E-state index contributed by atoms with van der Waals surface area (Å²) in [6, 6.07) is 10.3. The molecular formula is C13H15NO. The van der Waals surface area contributed by atoms with Crippen LogP contribution in [0.1, 0.15) is 18.5 Å². The molecule has 0 saturated carbocycles. The minimum absolute atomic E-state index is 0.0349. The highest BCUT2D eigenvalue weighted by Gasteiger charge is 2.44. The van der Waals surface area contributed by atoms with Crippen LogP contribution >= 0.6 is 0 Å². The fourth-order valence-corrected chi connectivity index (χ4v) is 2.20. The summed E-state index contributed by atoms with van der Waals surface area (Å²) >= 11 is 0. The number of β-lactam (4-membered cyclic amide) rings is 1. The van der Waals surface area contributed by atoms with Crippen LogP contribution in [0.15, 0.2) is 43.0 Å². The average Bonchev–Trinajstić information content (AvgIpc) is 2.28. The lowest BCUT2D eigenvalue weighted by atomic mass is 9.82. The third-order valence-electron chi connectivity index (χ3n) is 2.98. The van der Waals surface area contributed by atoms with Crippen LogP contribution in [0, 0.1) is 5.92 Å². The number of hydrogen-bond acceptors (Lipinski definition) is 1. The van der Waals surface area contributed by atoms with Gasteiger partial charge in [0.25, 0.3) is 0 Å². The lowest BCUT2D eigenvalue weighted by Crippen LogP contribution is -2.53. The molecule has 1 saturated heterocycles. The van der Waals surface area contributed by atoms with E-state index in [0.717, 1.165) is 6.54 Å². The lowest BCUT2D eigenvalue weighted by Gasteiger charge is -2.46. The molecule has 2 rings (SSSR count). The predicted octanol–water partition coefficient (Wildman–Crippen LogP) is 2.39. The van der Waals surface area contributed by atoms with E-state index in [1.165, 1.54) is 5.56 Å². The topological polar surface area (TPSA) is 20.3 Å². The van der Waals surface area contributed by atoms with Gasteiger partial charge >= 0.3 is 0 Å². The number of carbonyl (C=O) groups excluding carboxylic acids is 1. The first-order chi connectivity index (χ1) is 7.29. The molecule has 2 atom stereocenters. The molecular weight excluding hydrogens is 186 g/mol. The highest BCUT2D eigenvalue weighted by molar-refractivity contribution is 5.88. The molecule has 0 aromatic heterocycles. The monoisotopic (exact) mass is 201 g/mol. The van der Waals surface area contributed by atoms with Crippen molar-refractivity contribution >= 4 is 5.91 Å². The van der Waals surface area contributed by atoms with E-state index in [0.29, 0.717) is 0 Å². The van der Waals surface area contributed by atoms with E-state index < -0.39 is 0 Å². The second-order valence-corrected chi connectivity index (χ2v) is 3.74. The Hall–Kier alpha value is -1.57. The summed E-state index contributed by atoms with van der Waals surface area (Å²) in [5.74, 6) is 0.161. The van der Waals surface area contributed by atoms with Gasteiger partial charge in [-0.25, -0.2) is 0 Å². The fraction of sp³-hybridized carbons (Fsp3) is 0.308. The highest BCUT2D eigenvalue weighted by atomic mass is 16.2. The van der Waals surface area contributed by atoms with Gasteiger partial charge in [-0.05, 0) is 12.5 Å². The van der Waals surface area contributed by atoms with E-state index in [9.17, 15) is 4.79 Å². The van der Waals surface area contributed by atoms with Crippen molar-refractivity contribution < 1.29 is 4.79 Å². The summed E-state index contributed by atoms with van der Waals surface area (Å²) in [6.07, 6.45) is 1.76. The van der Waals surface area contributed by atoms with Crippen LogP contribution < -0.4 is 0 Å². The normalized spacial score (nSPS) is 24.9. The Morgan fingerprint density at radius 3 is 2.60 bits per heavy atom. The smallest absolute Gasteiger partial charge is 0.232 e. The lowest BCUT2D eigenvalue weighted by molar-refractivity contribution is -0.152. The average molecular weight is 201 g/mol. The van der Waals surface area contributed by atoms with Crippen molar-refractivity contribution in [3.63, 3.8) is 0 Å². The van der Waals surface area contributed by atoms with Crippen molar-refractivity contribution in [2.45, 2.75) is 13.0 Å². The van der Waals surface area contributed by atoms with Crippen molar-refractivity contribution in [1.82, 2.24) is 4.90 Å². The van der Waals surface area contributed by atoms with E-state index in [4.69, 9.17) is 0 Å². The van der Waals surface area contributed by atoms with Gasteiger partial charge in [0, 0.05) is 6.54 Å². The van der Waals surface area contributed by atoms with Crippen LogP contribution in [0.3, 0.4) is 0 Å². The van der Waals surface area contributed by atoms with Crippen LogP contribution in [-0.2, 0) is 4.79 Å². The maximum Gasteiger partial charge on any atom is 0.232 e. The van der Waals surface area contributed by atoms with Gasteiger partial charge in [-0.3, -0.25) is 4.79 Å². The molecule has 0 aliphatic carbocycles. The van der Waals surface area contributed by atoms with Gasteiger partial charge < -0.3 is 4.90 Å². The maximum absolute atomic E-state index is 11.7. The molecule has 1 aliphatic rings. The Labute approximate surface area is 90.2 Å². The zero-order valence-corrected chi connectivity index (χ0v) is 8.89. The fourth-order valence-electron chi connectivity index (χ4n) is 2.20. The molecule has 1 aromatic carbocycles. The first kappa shape index (κ1) is 9.97. The molecule has 0 radical (unpaired) electrons. The first-order valence-electron chi connectivity index (χ1n) is 5.27. The zero-order valence-electron chi connectivity index (χ0n) is 8.89. The van der Waals surface area contributed by atoms with Crippen molar-refractivity contribution in [2.75, 3.05) is 6.54 Å². The van der Waals surface area contributed by atoms with Crippen molar-refractivity contribution in [2.24, 2.45) is 5.92 Å². The van der Waals surface area contributed by atoms with Crippen LogP contribution in [-0.4, -0.2) is 17.4 Å². The van der Waals surface area contributed by atoms with Crippen LogP contribution in [0.4, 0.5) is 0 Å². The summed E-state index contributed by atoms with van der Waals surface area (Å²) in [6.45, 7) is 6.50. The Morgan fingerprint density at radius 1 is 1.40 bits per heavy atom. The molecule has 2 nitrogen and oxygen atoms in total. The van der Waals surface area contributed by atoms with Crippen molar-refractivity contribution in [1.29, 1.82) is 0 Å². The number of rotatable bonds is 3. The molecule has 1 aromatic rings. The molecule has 1 fully saturated rings. The summed E-state index contributed by atoms with van der Waals surface area (Å²) in [5, 5.41) is 0. The molecule has 0 N–H and O–H groups in total. The summed E-state index contributed by atoms with van der Waals surface area (Å²) in [7, 11) is 0. The standard InChI is InChI=1S/C13H15NO/c1-3-11-12(14(4-2)13(11)15)10-8-6-5-7-9-10/h3,5-9,11-12H,1,4H2,2H3/t11-,12-/m1/s1. The second-order valence-electron chi connectivity index (χ2n) is 3.74. The quantitative estimate of drug-likeness (QED) is 0.543. The van der Waals surface area contributed by atoms with Crippen LogP contribution in [0.25, 0.3) is 0 Å². The van der Waals surface area contributed by atoms with Gasteiger partial charge in [-0.1, -0.05) is 36.4 Å². The molecule has 1 amide bonds. The first-order valence-corrected chi connectivity index (χ1v) is 5.27. The minimum Gasteiger partial charge on any atom is -0.334 e. The van der Waals surface area contributed by atoms with Crippen LogP contribution in [0.2, 0.25) is 0 Å². The zero-order chi connectivity index (χ0) is 10.8. The summed E-state index contributed by atoms with van der Waals surface area (Å²) in [5.41, 5.74) is 1.20. The molecule has 1 aliphatic heterocycles. The van der Waals surface area contributed by atoms with E-state index in [2.05, 4.69) is 18.7 Å². The predicted molar refractivity (Wildman–Crippen MR) is 60.3 cm³/mol. The molecule has 0 unspecified atom stereocenters. The van der Waals surface area contributed by atoms with Gasteiger partial charge in [0.1, 0.15) is 0 Å². The van der Waals surface area contributed by atoms with E-state index in [-0.39, 0.29) is 17.9 Å².